The molecule has 2 heterocycles. The first-order valence-corrected chi connectivity index (χ1v) is 7.55. The van der Waals surface area contributed by atoms with Gasteiger partial charge >= 0.3 is 0 Å². The third kappa shape index (κ3) is 2.34. The molecule has 1 aromatic carbocycles. The first kappa shape index (κ1) is 12.9. The minimum atomic E-state index is 0.0890. The lowest BCUT2D eigenvalue weighted by Crippen LogP contribution is -2.30. The van der Waals surface area contributed by atoms with E-state index in [-0.39, 0.29) is 5.91 Å². The number of H-pyrrole nitrogens is 1. The molecule has 0 aliphatic rings. The number of thiophene rings is 1. The van der Waals surface area contributed by atoms with Crippen molar-refractivity contribution in [1.82, 2.24) is 9.88 Å². The molecule has 0 spiro atoms. The Morgan fingerprint density at radius 3 is 2.90 bits per heavy atom. The number of nitrogens with one attached hydrogen (secondary N) is 1. The van der Waals surface area contributed by atoms with Crippen LogP contribution in [0, 0.1) is 0 Å². The second kappa shape index (κ2) is 5.51. The summed E-state index contributed by atoms with van der Waals surface area (Å²) in [7, 11) is 0. The van der Waals surface area contributed by atoms with Crippen LogP contribution in [0.5, 0.6) is 0 Å². The Bertz CT molecular complexity index is 715. The number of fused-ring (bicyclic) bond motifs is 1. The van der Waals surface area contributed by atoms with E-state index in [0.29, 0.717) is 13.1 Å². The molecule has 20 heavy (non-hydrogen) atoms. The van der Waals surface area contributed by atoms with Crippen molar-refractivity contribution < 1.29 is 4.79 Å². The molecule has 1 amide bonds. The minimum absolute atomic E-state index is 0.0890. The van der Waals surface area contributed by atoms with Gasteiger partial charge in [0.2, 0.25) is 0 Å². The summed E-state index contributed by atoms with van der Waals surface area (Å²) in [6, 6.07) is 11.9. The zero-order valence-corrected chi connectivity index (χ0v) is 12.1. The molecule has 0 saturated carbocycles. The lowest BCUT2D eigenvalue weighted by molar-refractivity contribution is 0.0756. The fourth-order valence-corrected chi connectivity index (χ4v) is 3.08. The van der Waals surface area contributed by atoms with Gasteiger partial charge in [-0.2, -0.15) is 0 Å². The fraction of sp³-hybridized carbons (Fsp3) is 0.188. The molecular weight excluding hydrogens is 268 g/mol. The Morgan fingerprint density at radius 2 is 2.15 bits per heavy atom. The molecule has 4 heteroatoms. The van der Waals surface area contributed by atoms with Crippen molar-refractivity contribution in [1.29, 1.82) is 0 Å². The first-order chi connectivity index (χ1) is 9.79. The molecular formula is C16H16N2OS. The van der Waals surface area contributed by atoms with Crippen LogP contribution in [0.15, 0.2) is 48.0 Å². The summed E-state index contributed by atoms with van der Waals surface area (Å²) in [5, 5.41) is 3.03. The van der Waals surface area contributed by atoms with Crippen molar-refractivity contribution in [3.63, 3.8) is 0 Å². The zero-order chi connectivity index (χ0) is 13.9. The van der Waals surface area contributed by atoms with Gasteiger partial charge in [-0.3, -0.25) is 4.79 Å². The lowest BCUT2D eigenvalue weighted by atomic mass is 10.1. The van der Waals surface area contributed by atoms with E-state index < -0.39 is 0 Å². The number of carbonyl (C=O) groups excluding carboxylic acids is 1. The molecule has 3 aromatic rings. The number of nitrogens with zero attached hydrogens (tertiary/aromatic N) is 1. The van der Waals surface area contributed by atoms with Gasteiger partial charge in [0.15, 0.2) is 0 Å². The number of amides is 1. The van der Waals surface area contributed by atoms with Crippen molar-refractivity contribution in [3.05, 3.63) is 58.4 Å². The summed E-state index contributed by atoms with van der Waals surface area (Å²) in [6.45, 7) is 3.40. The van der Waals surface area contributed by atoms with Gasteiger partial charge in [-0.05, 0) is 36.6 Å². The van der Waals surface area contributed by atoms with Gasteiger partial charge in [-0.25, -0.2) is 0 Å². The highest BCUT2D eigenvalue weighted by Crippen LogP contribution is 2.20. The van der Waals surface area contributed by atoms with Crippen molar-refractivity contribution in [3.8, 4) is 0 Å². The van der Waals surface area contributed by atoms with Crippen LogP contribution < -0.4 is 0 Å². The summed E-state index contributed by atoms with van der Waals surface area (Å²) in [6.07, 6.45) is 1.87. The smallest absolute Gasteiger partial charge is 0.254 e. The number of aromatic amines is 1. The Morgan fingerprint density at radius 1 is 1.25 bits per heavy atom. The molecule has 2 aromatic heterocycles. The number of carbonyl (C=O) groups is 1. The average Bonchev–Trinajstić information content (AvgIpc) is 3.14. The molecule has 3 rings (SSSR count). The number of aromatic nitrogens is 1. The van der Waals surface area contributed by atoms with Crippen LogP contribution in [-0.4, -0.2) is 22.3 Å². The standard InChI is InChI=1S/C16H16N2OS/c1-2-18(11-12-5-4-10-20-12)16(19)14-6-3-7-15-13(14)8-9-17-15/h3-10,17H,2,11H2,1H3. The monoisotopic (exact) mass is 284 g/mol. The maximum Gasteiger partial charge on any atom is 0.254 e. The van der Waals surface area contributed by atoms with Crippen LogP contribution in [0.2, 0.25) is 0 Å². The maximum absolute atomic E-state index is 12.7. The van der Waals surface area contributed by atoms with E-state index in [2.05, 4.69) is 11.1 Å². The molecule has 0 atom stereocenters. The minimum Gasteiger partial charge on any atom is -0.361 e. The maximum atomic E-state index is 12.7. The molecule has 0 aliphatic heterocycles. The van der Waals surface area contributed by atoms with Gasteiger partial charge in [0.25, 0.3) is 5.91 Å². The van der Waals surface area contributed by atoms with Crippen LogP contribution in [0.25, 0.3) is 10.9 Å². The van der Waals surface area contributed by atoms with Crippen molar-refractivity contribution >= 4 is 28.1 Å². The number of benzene rings is 1. The summed E-state index contributed by atoms with van der Waals surface area (Å²) < 4.78 is 0. The largest absolute Gasteiger partial charge is 0.361 e. The first-order valence-electron chi connectivity index (χ1n) is 6.67. The third-order valence-corrected chi connectivity index (χ3v) is 4.28. The number of hydrogen-bond acceptors (Lipinski definition) is 2. The van der Waals surface area contributed by atoms with E-state index in [1.54, 1.807) is 11.3 Å². The van der Waals surface area contributed by atoms with Gasteiger partial charge in [0.1, 0.15) is 0 Å². The highest BCUT2D eigenvalue weighted by Gasteiger charge is 2.17. The fourth-order valence-electron chi connectivity index (χ4n) is 2.36. The SMILES string of the molecule is CCN(Cc1cccs1)C(=O)c1cccc2[nH]ccc12. The summed E-state index contributed by atoms with van der Waals surface area (Å²) in [5.41, 5.74) is 1.77. The second-order valence-corrected chi connectivity index (χ2v) is 5.68. The van der Waals surface area contributed by atoms with Gasteiger partial charge in [-0.15, -0.1) is 11.3 Å². The molecule has 0 unspecified atom stereocenters. The van der Waals surface area contributed by atoms with Crippen LogP contribution >= 0.6 is 11.3 Å². The van der Waals surface area contributed by atoms with Crippen molar-refractivity contribution in [2.75, 3.05) is 6.54 Å². The van der Waals surface area contributed by atoms with Gasteiger partial charge in [0.05, 0.1) is 6.54 Å². The highest BCUT2D eigenvalue weighted by molar-refractivity contribution is 7.09. The molecule has 3 nitrogen and oxygen atoms in total. The molecule has 102 valence electrons. The Labute approximate surface area is 121 Å². The quantitative estimate of drug-likeness (QED) is 0.775. The summed E-state index contributed by atoms with van der Waals surface area (Å²) in [5.74, 6) is 0.0890. The Kier molecular flexibility index (Phi) is 3.56. The molecule has 0 radical (unpaired) electrons. The Balaban J connectivity index is 1.92. The van der Waals surface area contributed by atoms with E-state index in [0.717, 1.165) is 16.5 Å². The van der Waals surface area contributed by atoms with Gasteiger partial charge in [-0.1, -0.05) is 12.1 Å². The normalized spacial score (nSPS) is 10.8. The predicted molar refractivity (Wildman–Crippen MR) is 83.0 cm³/mol. The van der Waals surface area contributed by atoms with Crippen LogP contribution in [-0.2, 0) is 6.54 Å². The predicted octanol–water partition coefficient (Wildman–Crippen LogP) is 3.89. The number of rotatable bonds is 4. The molecule has 0 aliphatic carbocycles. The van der Waals surface area contributed by atoms with Crippen molar-refractivity contribution in [2.45, 2.75) is 13.5 Å². The third-order valence-electron chi connectivity index (χ3n) is 3.42. The van der Waals surface area contributed by atoms with E-state index in [4.69, 9.17) is 0 Å². The van der Waals surface area contributed by atoms with Gasteiger partial charge < -0.3 is 9.88 Å². The molecule has 0 bridgehead atoms. The van der Waals surface area contributed by atoms with Crippen LogP contribution in [0.4, 0.5) is 0 Å². The zero-order valence-electron chi connectivity index (χ0n) is 11.3. The van der Waals surface area contributed by atoms with E-state index >= 15 is 0 Å². The Hall–Kier alpha value is -2.07. The molecule has 1 N–H and O–H groups in total. The topological polar surface area (TPSA) is 36.1 Å². The van der Waals surface area contributed by atoms with Crippen LogP contribution in [0.3, 0.4) is 0 Å². The second-order valence-electron chi connectivity index (χ2n) is 4.64. The van der Waals surface area contributed by atoms with Gasteiger partial charge in [0, 0.05) is 34.1 Å². The summed E-state index contributed by atoms with van der Waals surface area (Å²) >= 11 is 1.68. The van der Waals surface area contributed by atoms with E-state index in [9.17, 15) is 4.79 Å². The van der Waals surface area contributed by atoms with E-state index in [1.807, 2.05) is 53.7 Å². The van der Waals surface area contributed by atoms with Crippen LogP contribution in [0.1, 0.15) is 22.2 Å². The molecule has 0 saturated heterocycles. The highest BCUT2D eigenvalue weighted by atomic mass is 32.1. The average molecular weight is 284 g/mol. The summed E-state index contributed by atoms with van der Waals surface area (Å²) in [4.78, 5) is 19.0. The lowest BCUT2D eigenvalue weighted by Gasteiger charge is -2.20. The van der Waals surface area contributed by atoms with E-state index in [1.165, 1.54) is 4.88 Å². The number of hydrogen-bond donors (Lipinski definition) is 1. The molecule has 0 fully saturated rings. The van der Waals surface area contributed by atoms with Crippen molar-refractivity contribution in [2.24, 2.45) is 0 Å².